The number of alkyl halides is 3. The third-order valence-corrected chi connectivity index (χ3v) is 6.77. The first-order chi connectivity index (χ1) is 17.8. The van der Waals surface area contributed by atoms with Crippen LogP contribution in [0.2, 0.25) is 0 Å². The predicted molar refractivity (Wildman–Crippen MR) is 136 cm³/mol. The Kier molecular flexibility index (Phi) is 8.97. The number of carbonyl (C=O) groups excluding carboxylic acids is 2. The maximum Gasteiger partial charge on any atom is 0.405 e. The van der Waals surface area contributed by atoms with Crippen LogP contribution in [0.15, 0.2) is 29.1 Å². The highest BCUT2D eigenvalue weighted by Gasteiger charge is 2.34. The lowest BCUT2D eigenvalue weighted by Crippen LogP contribution is -2.44. The first-order valence-corrected chi connectivity index (χ1v) is 12.3. The quantitative estimate of drug-likeness (QED) is 0.448. The number of rotatable bonds is 8. The fourth-order valence-electron chi connectivity index (χ4n) is 3.60. The highest BCUT2D eigenvalue weighted by Crippen LogP contribution is 2.21. The van der Waals surface area contributed by atoms with Crippen LogP contribution < -0.4 is 30.7 Å². The molecule has 0 saturated carbocycles. The van der Waals surface area contributed by atoms with E-state index in [0.717, 1.165) is 15.9 Å². The molecule has 14 heteroatoms. The molecule has 0 aliphatic carbocycles. The smallest absolute Gasteiger partial charge is 0.364 e. The summed E-state index contributed by atoms with van der Waals surface area (Å²) in [5.74, 6) is -1.44. The number of nitrogens with one attached hydrogen (secondary N) is 3. The number of benzene rings is 1. The van der Waals surface area contributed by atoms with Crippen molar-refractivity contribution in [2.24, 2.45) is 0 Å². The SMILES string of the molecule is CCn1c(=C(C#N)C(=O)NCC(F)(F)F)sc(=CNc2cccc(NC(=O)CN3COCC3(C)C)c2)c1=O. The second-order valence-electron chi connectivity index (χ2n) is 9.01. The van der Waals surface area contributed by atoms with Gasteiger partial charge in [0, 0.05) is 29.7 Å². The Bertz CT molecular complexity index is 1420. The molecule has 0 spiro atoms. The molecule has 2 amide bonds. The topological polar surface area (TPSA) is 128 Å². The minimum Gasteiger partial charge on any atom is -0.364 e. The molecule has 1 aliphatic rings. The molecule has 1 fully saturated rings. The van der Waals surface area contributed by atoms with Crippen LogP contribution in [0.3, 0.4) is 0 Å². The zero-order valence-corrected chi connectivity index (χ0v) is 21.8. The monoisotopic (exact) mass is 552 g/mol. The van der Waals surface area contributed by atoms with E-state index < -0.39 is 29.8 Å². The number of ether oxygens (including phenoxy) is 1. The lowest BCUT2D eigenvalue weighted by Gasteiger charge is -2.28. The van der Waals surface area contributed by atoms with E-state index in [0.29, 0.717) is 24.7 Å². The van der Waals surface area contributed by atoms with Crippen molar-refractivity contribution >= 4 is 46.3 Å². The molecule has 1 saturated heterocycles. The Morgan fingerprint density at radius 2 is 2.00 bits per heavy atom. The Labute approximate surface area is 220 Å². The molecular weight excluding hydrogens is 525 g/mol. The van der Waals surface area contributed by atoms with Gasteiger partial charge in [0.2, 0.25) is 5.91 Å². The van der Waals surface area contributed by atoms with Gasteiger partial charge in [-0.3, -0.25) is 23.9 Å². The number of halogens is 3. The van der Waals surface area contributed by atoms with Gasteiger partial charge < -0.3 is 20.7 Å². The van der Waals surface area contributed by atoms with Gasteiger partial charge in [0.15, 0.2) is 5.57 Å². The van der Waals surface area contributed by atoms with Crippen LogP contribution in [0.1, 0.15) is 20.8 Å². The van der Waals surface area contributed by atoms with Crippen LogP contribution in [-0.2, 0) is 20.9 Å². The molecule has 1 aromatic carbocycles. The van der Waals surface area contributed by atoms with Crippen molar-refractivity contribution in [2.45, 2.75) is 39.0 Å². The molecule has 2 heterocycles. The molecule has 3 rings (SSSR count). The molecule has 0 atom stereocenters. The number of amides is 2. The normalized spacial score (nSPS) is 16.6. The minimum atomic E-state index is -4.65. The first-order valence-electron chi connectivity index (χ1n) is 11.5. The molecule has 204 valence electrons. The first kappa shape index (κ1) is 28.9. The van der Waals surface area contributed by atoms with E-state index >= 15 is 0 Å². The van der Waals surface area contributed by atoms with Crippen molar-refractivity contribution in [2.75, 3.05) is 37.1 Å². The van der Waals surface area contributed by atoms with Crippen LogP contribution in [0.25, 0.3) is 11.8 Å². The lowest BCUT2D eigenvalue weighted by atomic mass is 10.1. The van der Waals surface area contributed by atoms with Gasteiger partial charge in [-0.25, -0.2) is 0 Å². The van der Waals surface area contributed by atoms with E-state index in [-0.39, 0.29) is 33.7 Å². The Balaban J connectivity index is 1.81. The van der Waals surface area contributed by atoms with Gasteiger partial charge in [-0.05, 0) is 39.0 Å². The highest BCUT2D eigenvalue weighted by molar-refractivity contribution is 7.07. The summed E-state index contributed by atoms with van der Waals surface area (Å²) < 4.78 is 44.1. The van der Waals surface area contributed by atoms with E-state index in [1.807, 2.05) is 18.7 Å². The van der Waals surface area contributed by atoms with Gasteiger partial charge in [0.1, 0.15) is 28.5 Å². The van der Waals surface area contributed by atoms with E-state index in [9.17, 15) is 32.8 Å². The largest absolute Gasteiger partial charge is 0.405 e. The molecule has 2 aromatic rings. The number of anilines is 2. The van der Waals surface area contributed by atoms with Gasteiger partial charge in [0.25, 0.3) is 11.5 Å². The number of nitrogens with zero attached hydrogens (tertiary/aromatic N) is 3. The number of nitriles is 1. The fourth-order valence-corrected chi connectivity index (χ4v) is 4.68. The second-order valence-corrected chi connectivity index (χ2v) is 10.0. The van der Waals surface area contributed by atoms with E-state index in [2.05, 4.69) is 10.6 Å². The average molecular weight is 553 g/mol. The summed E-state index contributed by atoms with van der Waals surface area (Å²) in [6.45, 7) is 5.13. The zero-order valence-electron chi connectivity index (χ0n) is 20.9. The van der Waals surface area contributed by atoms with Crippen LogP contribution in [0.5, 0.6) is 0 Å². The highest BCUT2D eigenvalue weighted by atomic mass is 32.1. The van der Waals surface area contributed by atoms with Crippen molar-refractivity contribution in [3.05, 3.63) is 43.8 Å². The summed E-state index contributed by atoms with van der Waals surface area (Å²) in [5.41, 5.74) is -0.295. The Hall–Kier alpha value is -3.67. The lowest BCUT2D eigenvalue weighted by molar-refractivity contribution is -0.135. The van der Waals surface area contributed by atoms with Crippen LogP contribution in [0, 0.1) is 11.3 Å². The van der Waals surface area contributed by atoms with Gasteiger partial charge >= 0.3 is 6.18 Å². The molecule has 10 nitrogen and oxygen atoms in total. The maximum absolute atomic E-state index is 12.8. The number of carbonyl (C=O) groups is 2. The Morgan fingerprint density at radius 3 is 2.61 bits per heavy atom. The van der Waals surface area contributed by atoms with Crippen molar-refractivity contribution in [1.29, 1.82) is 5.26 Å². The second kappa shape index (κ2) is 11.8. The minimum absolute atomic E-state index is 0.0532. The number of hydrogen-bond donors (Lipinski definition) is 3. The van der Waals surface area contributed by atoms with Crippen molar-refractivity contribution in [3.63, 3.8) is 0 Å². The summed E-state index contributed by atoms with van der Waals surface area (Å²) in [6.07, 6.45) is -3.28. The van der Waals surface area contributed by atoms with E-state index in [1.54, 1.807) is 42.6 Å². The number of aromatic nitrogens is 1. The molecule has 0 radical (unpaired) electrons. The molecule has 0 unspecified atom stereocenters. The predicted octanol–water partition coefficient (Wildman–Crippen LogP) is 1.14. The fraction of sp³-hybridized carbons (Fsp3) is 0.417. The van der Waals surface area contributed by atoms with Gasteiger partial charge in [-0.1, -0.05) is 6.07 Å². The third kappa shape index (κ3) is 7.21. The van der Waals surface area contributed by atoms with Crippen molar-refractivity contribution in [3.8, 4) is 6.07 Å². The van der Waals surface area contributed by atoms with Crippen LogP contribution >= 0.6 is 11.3 Å². The molecule has 0 bridgehead atoms. The molecule has 1 aromatic heterocycles. The summed E-state index contributed by atoms with van der Waals surface area (Å²) in [6, 6.07) is 8.37. The van der Waals surface area contributed by atoms with Crippen LogP contribution in [0.4, 0.5) is 24.5 Å². The standard InChI is InChI=1S/C24H27F3N6O4S/c1-4-33-21(36)18(38-22(33)17(9-28)20(35)30-12-24(25,26)27)10-29-15-6-5-7-16(8-15)31-19(34)11-32-14-37-13-23(32,2)3/h5-8,10,29H,4,11-14H2,1-3H3,(H,30,35)(H,31,34). The molecule has 1 aliphatic heterocycles. The average Bonchev–Trinajstić information content (AvgIpc) is 3.34. The maximum atomic E-state index is 12.8. The van der Waals surface area contributed by atoms with Crippen molar-refractivity contribution in [1.82, 2.24) is 14.8 Å². The van der Waals surface area contributed by atoms with Crippen LogP contribution in [-0.4, -0.2) is 59.4 Å². The third-order valence-electron chi connectivity index (χ3n) is 5.64. The van der Waals surface area contributed by atoms with E-state index in [1.165, 1.54) is 6.20 Å². The van der Waals surface area contributed by atoms with Gasteiger partial charge in [-0.15, -0.1) is 11.3 Å². The summed E-state index contributed by atoms with van der Waals surface area (Å²) in [7, 11) is 0. The summed E-state index contributed by atoms with van der Waals surface area (Å²) >= 11 is 0.800. The molecule has 38 heavy (non-hydrogen) atoms. The number of hydrogen-bond acceptors (Lipinski definition) is 8. The summed E-state index contributed by atoms with van der Waals surface area (Å²) in [5, 5.41) is 16.8. The Morgan fingerprint density at radius 1 is 1.29 bits per heavy atom. The zero-order chi connectivity index (χ0) is 28.1. The summed E-state index contributed by atoms with van der Waals surface area (Å²) in [4.78, 5) is 39.5. The van der Waals surface area contributed by atoms with Crippen molar-refractivity contribution < 1.29 is 27.5 Å². The van der Waals surface area contributed by atoms with Gasteiger partial charge in [-0.2, -0.15) is 18.4 Å². The molecular formula is C24H27F3N6O4S. The van der Waals surface area contributed by atoms with Gasteiger partial charge in [0.05, 0.1) is 13.2 Å². The number of thiazole rings is 1. The van der Waals surface area contributed by atoms with E-state index in [4.69, 9.17) is 4.74 Å². The molecule has 3 N–H and O–H groups in total.